The molecule has 2 amide bonds. The van der Waals surface area contributed by atoms with E-state index in [1.165, 1.54) is 5.56 Å². The van der Waals surface area contributed by atoms with Crippen molar-refractivity contribution >= 4 is 17.5 Å². The molecule has 0 aliphatic carbocycles. The lowest BCUT2D eigenvalue weighted by atomic mass is 10.0. The molecule has 0 aromatic heterocycles. The number of methoxy groups -OCH3 is 1. The quantitative estimate of drug-likeness (QED) is 0.287. The van der Waals surface area contributed by atoms with Crippen molar-refractivity contribution in [2.24, 2.45) is 5.92 Å². The van der Waals surface area contributed by atoms with Crippen LogP contribution in [-0.4, -0.2) is 85.4 Å². The Labute approximate surface area is 279 Å². The molecular formula is C38H51N3O6. The van der Waals surface area contributed by atoms with Gasteiger partial charge in [-0.15, -0.1) is 0 Å². The third-order valence-electron chi connectivity index (χ3n) is 8.65. The lowest BCUT2D eigenvalue weighted by Gasteiger charge is -2.36. The molecule has 254 valence electrons. The number of nitrogens with zero attached hydrogens (tertiary/aromatic N) is 2. The average Bonchev–Trinajstić information content (AvgIpc) is 3.06. The maximum Gasteiger partial charge on any atom is 0.258 e. The van der Waals surface area contributed by atoms with E-state index < -0.39 is 6.04 Å². The fourth-order valence-corrected chi connectivity index (χ4v) is 5.86. The Hall–Kier alpha value is -3.92. The highest BCUT2D eigenvalue weighted by atomic mass is 16.5. The number of anilines is 1. The molecule has 0 saturated heterocycles. The second kappa shape index (κ2) is 17.8. The number of rotatable bonds is 10. The van der Waals surface area contributed by atoms with Crippen LogP contribution >= 0.6 is 0 Å². The summed E-state index contributed by atoms with van der Waals surface area (Å²) < 4.78 is 18.1. The van der Waals surface area contributed by atoms with Gasteiger partial charge in [0.05, 0.1) is 44.0 Å². The van der Waals surface area contributed by atoms with Crippen LogP contribution < -0.4 is 14.8 Å². The second-order valence-corrected chi connectivity index (χ2v) is 12.8. The molecule has 1 heterocycles. The highest BCUT2D eigenvalue weighted by Crippen LogP contribution is 2.29. The number of benzene rings is 3. The van der Waals surface area contributed by atoms with Crippen molar-refractivity contribution in [2.45, 2.75) is 71.2 Å². The molecule has 2 N–H and O–H groups in total. The van der Waals surface area contributed by atoms with Gasteiger partial charge in [-0.25, -0.2) is 0 Å². The third-order valence-corrected chi connectivity index (χ3v) is 8.65. The standard InChI is InChI=1S/C38H51N3O6/c1-27-23-41(28(2)26-42)38(44)34-22-32(39-37(43)21-30-12-7-6-8-13-30)16-19-35(34)47-29(3)11-9-10-20-46-36(27)25-40(4)24-31-14-17-33(45-5)18-15-31/h6-8,12-19,22,27-29,36,42H,9-11,20-21,23-26H2,1-5H3,(H,39,43)/t27-,28-,29-,36+/m1/s1. The Morgan fingerprint density at radius 1 is 1.06 bits per heavy atom. The smallest absolute Gasteiger partial charge is 0.258 e. The summed E-state index contributed by atoms with van der Waals surface area (Å²) in [5, 5.41) is 13.2. The topological polar surface area (TPSA) is 101 Å². The zero-order valence-electron chi connectivity index (χ0n) is 28.5. The van der Waals surface area contributed by atoms with Crippen LogP contribution in [0.15, 0.2) is 72.8 Å². The number of hydrogen-bond acceptors (Lipinski definition) is 7. The Morgan fingerprint density at radius 3 is 2.51 bits per heavy atom. The molecule has 0 bridgehead atoms. The van der Waals surface area contributed by atoms with E-state index in [1.807, 2.05) is 56.3 Å². The Kier molecular flexibility index (Phi) is 13.6. The highest BCUT2D eigenvalue weighted by Gasteiger charge is 2.30. The summed E-state index contributed by atoms with van der Waals surface area (Å²) in [6.07, 6.45) is 2.58. The van der Waals surface area contributed by atoms with Gasteiger partial charge >= 0.3 is 0 Å². The van der Waals surface area contributed by atoms with Gasteiger partial charge in [-0.05, 0) is 81.6 Å². The van der Waals surface area contributed by atoms with Crippen LogP contribution in [-0.2, 0) is 22.5 Å². The number of ether oxygens (including phenoxy) is 3. The van der Waals surface area contributed by atoms with Gasteiger partial charge in [0, 0.05) is 37.8 Å². The fraction of sp³-hybridized carbons (Fsp3) is 0.474. The molecule has 3 aromatic rings. The highest BCUT2D eigenvalue weighted by molar-refractivity contribution is 6.00. The van der Waals surface area contributed by atoms with Crippen molar-refractivity contribution in [3.05, 3.63) is 89.5 Å². The molecule has 1 aliphatic rings. The van der Waals surface area contributed by atoms with Gasteiger partial charge in [0.2, 0.25) is 5.91 Å². The first-order chi connectivity index (χ1) is 22.7. The predicted octanol–water partition coefficient (Wildman–Crippen LogP) is 5.80. The molecule has 4 atom stereocenters. The first-order valence-electron chi connectivity index (χ1n) is 16.7. The average molecular weight is 646 g/mol. The summed E-state index contributed by atoms with van der Waals surface area (Å²) in [5.74, 6) is 0.820. The van der Waals surface area contributed by atoms with Crippen molar-refractivity contribution in [3.8, 4) is 11.5 Å². The van der Waals surface area contributed by atoms with Gasteiger partial charge in [-0.2, -0.15) is 0 Å². The van der Waals surface area contributed by atoms with Gasteiger partial charge in [0.15, 0.2) is 0 Å². The maximum atomic E-state index is 14.4. The van der Waals surface area contributed by atoms with E-state index >= 15 is 0 Å². The van der Waals surface area contributed by atoms with Gasteiger partial charge in [-0.3, -0.25) is 14.5 Å². The predicted molar refractivity (Wildman–Crippen MR) is 185 cm³/mol. The first-order valence-corrected chi connectivity index (χ1v) is 16.7. The third kappa shape index (κ3) is 10.8. The molecule has 0 radical (unpaired) electrons. The number of carbonyl (C=O) groups excluding carboxylic acids is 2. The van der Waals surface area contributed by atoms with Crippen molar-refractivity contribution in [1.82, 2.24) is 9.80 Å². The molecule has 0 fully saturated rings. The fourth-order valence-electron chi connectivity index (χ4n) is 5.86. The monoisotopic (exact) mass is 645 g/mol. The lowest BCUT2D eigenvalue weighted by molar-refractivity contribution is -0.115. The largest absolute Gasteiger partial charge is 0.497 e. The Balaban J connectivity index is 1.57. The van der Waals surface area contributed by atoms with Crippen molar-refractivity contribution in [2.75, 3.05) is 45.8 Å². The van der Waals surface area contributed by atoms with Crippen LogP contribution in [0.25, 0.3) is 0 Å². The van der Waals surface area contributed by atoms with E-state index in [0.717, 1.165) is 37.1 Å². The normalized spacial score (nSPS) is 20.1. The Morgan fingerprint density at radius 2 is 1.81 bits per heavy atom. The number of aliphatic hydroxyl groups is 1. The molecular weight excluding hydrogens is 594 g/mol. The summed E-state index contributed by atoms with van der Waals surface area (Å²) >= 11 is 0. The van der Waals surface area contributed by atoms with Crippen molar-refractivity contribution in [3.63, 3.8) is 0 Å². The van der Waals surface area contributed by atoms with Crippen LogP contribution in [0, 0.1) is 5.92 Å². The molecule has 9 heteroatoms. The van der Waals surface area contributed by atoms with E-state index in [4.69, 9.17) is 14.2 Å². The minimum absolute atomic E-state index is 0.0359. The van der Waals surface area contributed by atoms with Gasteiger partial charge < -0.3 is 29.5 Å². The summed E-state index contributed by atoms with van der Waals surface area (Å²) in [6.45, 7) is 8.16. The van der Waals surface area contributed by atoms with Crippen molar-refractivity contribution < 1.29 is 28.9 Å². The maximum absolute atomic E-state index is 14.4. The van der Waals surface area contributed by atoms with Gasteiger partial charge in [-0.1, -0.05) is 49.4 Å². The summed E-state index contributed by atoms with van der Waals surface area (Å²) in [4.78, 5) is 31.2. The minimum atomic E-state index is -0.447. The van der Waals surface area contributed by atoms with Crippen LogP contribution in [0.1, 0.15) is 61.5 Å². The first kappa shape index (κ1) is 35.9. The van der Waals surface area contributed by atoms with E-state index in [2.05, 4.69) is 36.3 Å². The van der Waals surface area contributed by atoms with Crippen molar-refractivity contribution in [1.29, 1.82) is 0 Å². The van der Waals surface area contributed by atoms with Gasteiger partial charge in [0.25, 0.3) is 5.91 Å². The number of hydrogen-bond donors (Lipinski definition) is 2. The number of nitrogens with one attached hydrogen (secondary N) is 1. The molecule has 0 saturated carbocycles. The molecule has 0 spiro atoms. The zero-order chi connectivity index (χ0) is 33.8. The molecule has 4 rings (SSSR count). The van der Waals surface area contributed by atoms with Crippen LogP contribution in [0.3, 0.4) is 0 Å². The second-order valence-electron chi connectivity index (χ2n) is 12.8. The molecule has 9 nitrogen and oxygen atoms in total. The number of amides is 2. The SMILES string of the molecule is COc1ccc(CN(C)C[C@@H]2OCCCC[C@@H](C)Oc3ccc(NC(=O)Cc4ccccc4)cc3C(=O)N([C@H](C)CO)C[C@H]2C)cc1. The molecule has 0 unspecified atom stereocenters. The lowest BCUT2D eigenvalue weighted by Crippen LogP contribution is -2.47. The zero-order valence-corrected chi connectivity index (χ0v) is 28.5. The van der Waals surface area contributed by atoms with Crippen LogP contribution in [0.5, 0.6) is 11.5 Å². The summed E-state index contributed by atoms with van der Waals surface area (Å²) in [5.41, 5.74) is 2.94. The molecule has 47 heavy (non-hydrogen) atoms. The van der Waals surface area contributed by atoms with E-state index in [1.54, 1.807) is 30.2 Å². The van der Waals surface area contributed by atoms with Gasteiger partial charge in [0.1, 0.15) is 11.5 Å². The number of carbonyl (C=O) groups is 2. The molecule has 1 aliphatic heterocycles. The van der Waals surface area contributed by atoms with Crippen LogP contribution in [0.2, 0.25) is 0 Å². The number of fused-ring (bicyclic) bond motifs is 1. The minimum Gasteiger partial charge on any atom is -0.497 e. The Bertz CT molecular complexity index is 1420. The summed E-state index contributed by atoms with van der Waals surface area (Å²) in [7, 11) is 3.74. The number of likely N-dealkylation sites (N-methyl/N-ethyl adjacent to an activating group) is 1. The van der Waals surface area contributed by atoms with E-state index in [0.29, 0.717) is 36.7 Å². The molecule has 3 aromatic carbocycles. The summed E-state index contributed by atoms with van der Waals surface area (Å²) in [6, 6.07) is 22.4. The van der Waals surface area contributed by atoms with Crippen LogP contribution in [0.4, 0.5) is 5.69 Å². The number of aliphatic hydroxyl groups excluding tert-OH is 1. The van der Waals surface area contributed by atoms with E-state index in [-0.39, 0.29) is 43.0 Å². The van der Waals surface area contributed by atoms with E-state index in [9.17, 15) is 14.7 Å².